The van der Waals surface area contributed by atoms with E-state index in [4.69, 9.17) is 0 Å². The molecule has 1 rings (SSSR count). The molecular weight excluding hydrogens is 190 g/mol. The first-order valence-corrected chi connectivity index (χ1v) is 4.86. The van der Waals surface area contributed by atoms with Gasteiger partial charge in [-0.2, -0.15) is 5.10 Å². The third kappa shape index (κ3) is 3.89. The highest BCUT2D eigenvalue weighted by Gasteiger charge is 2.03. The van der Waals surface area contributed by atoms with Gasteiger partial charge in [0.05, 0.1) is 0 Å². The molecule has 0 aliphatic heterocycles. The van der Waals surface area contributed by atoms with Crippen molar-refractivity contribution in [2.24, 2.45) is 11.0 Å². The van der Waals surface area contributed by atoms with Crippen LogP contribution in [-0.2, 0) is 0 Å². The highest BCUT2D eigenvalue weighted by atomic mass is 16.2. The second-order valence-corrected chi connectivity index (χ2v) is 3.65. The van der Waals surface area contributed by atoms with Crippen LogP contribution in [0.1, 0.15) is 29.9 Å². The molecule has 0 aliphatic carbocycles. The van der Waals surface area contributed by atoms with Crippen molar-refractivity contribution in [3.8, 4) is 0 Å². The van der Waals surface area contributed by atoms with Gasteiger partial charge in [-0.25, -0.2) is 5.43 Å². The van der Waals surface area contributed by atoms with Gasteiger partial charge in [-0.3, -0.25) is 9.78 Å². The summed E-state index contributed by atoms with van der Waals surface area (Å²) in [5.41, 5.74) is 3.85. The van der Waals surface area contributed by atoms with E-state index >= 15 is 0 Å². The largest absolute Gasteiger partial charge is 0.271 e. The maximum atomic E-state index is 11.5. The molecule has 0 aliphatic rings. The lowest BCUT2D eigenvalue weighted by molar-refractivity contribution is 0.0955. The quantitative estimate of drug-likeness (QED) is 0.604. The van der Waals surface area contributed by atoms with Crippen molar-refractivity contribution in [2.45, 2.75) is 20.8 Å². The van der Waals surface area contributed by atoms with Crippen molar-refractivity contribution < 1.29 is 4.79 Å². The number of aromatic nitrogens is 1. The smallest absolute Gasteiger partial charge is 0.267 e. The van der Waals surface area contributed by atoms with E-state index in [1.54, 1.807) is 24.5 Å². The van der Waals surface area contributed by atoms with Crippen molar-refractivity contribution in [1.29, 1.82) is 0 Å². The van der Waals surface area contributed by atoms with E-state index < -0.39 is 0 Å². The molecule has 1 aromatic heterocycles. The molecule has 0 spiro atoms. The predicted molar refractivity (Wildman–Crippen MR) is 59.8 cm³/mol. The van der Waals surface area contributed by atoms with Crippen molar-refractivity contribution in [3.63, 3.8) is 0 Å². The average Bonchev–Trinajstić information content (AvgIpc) is 2.17. The summed E-state index contributed by atoms with van der Waals surface area (Å²) < 4.78 is 0. The summed E-state index contributed by atoms with van der Waals surface area (Å²) in [5, 5.41) is 3.83. The van der Waals surface area contributed by atoms with E-state index in [0.29, 0.717) is 11.5 Å². The summed E-state index contributed by atoms with van der Waals surface area (Å²) in [5.74, 6) is 0.113. The molecule has 0 unspecified atom stereocenters. The Morgan fingerprint density at radius 2 is 2.33 bits per heavy atom. The first-order valence-electron chi connectivity index (χ1n) is 4.86. The predicted octanol–water partition coefficient (Wildman–Crippen LogP) is 1.76. The van der Waals surface area contributed by atoms with Gasteiger partial charge in [0, 0.05) is 23.7 Å². The number of carbonyl (C=O) groups excluding carboxylic acids is 1. The Labute approximate surface area is 89.4 Å². The molecular formula is C11H15N3O. The monoisotopic (exact) mass is 205 g/mol. The summed E-state index contributed by atoms with van der Waals surface area (Å²) in [4.78, 5) is 15.5. The maximum Gasteiger partial charge on any atom is 0.271 e. The molecule has 1 aromatic rings. The van der Waals surface area contributed by atoms with Gasteiger partial charge in [-0.05, 0) is 25.0 Å². The Morgan fingerprint density at radius 1 is 1.60 bits per heavy atom. The van der Waals surface area contributed by atoms with Crippen LogP contribution in [-0.4, -0.2) is 17.1 Å². The van der Waals surface area contributed by atoms with Crippen molar-refractivity contribution in [1.82, 2.24) is 10.4 Å². The third-order valence-corrected chi connectivity index (χ3v) is 1.70. The molecule has 0 fully saturated rings. The Balaban J connectivity index is 2.62. The molecule has 4 nitrogen and oxygen atoms in total. The number of hydrogen-bond acceptors (Lipinski definition) is 3. The van der Waals surface area contributed by atoms with Crippen LogP contribution in [0.15, 0.2) is 23.4 Å². The molecule has 1 N–H and O–H groups in total. The number of aryl methyl sites for hydroxylation is 1. The second-order valence-electron chi connectivity index (χ2n) is 3.65. The highest BCUT2D eigenvalue weighted by molar-refractivity contribution is 5.94. The summed E-state index contributed by atoms with van der Waals surface area (Å²) >= 11 is 0. The zero-order valence-electron chi connectivity index (χ0n) is 9.19. The standard InChI is InChI=1S/C11H15N3O/c1-8(2)7-13-14-11(15)10-4-5-12-9(3)6-10/h4-8H,1-3H3,(H,14,15)/b13-7+. The van der Waals surface area contributed by atoms with Crippen LogP contribution in [0.2, 0.25) is 0 Å². The van der Waals surface area contributed by atoms with Gasteiger partial charge in [0.15, 0.2) is 0 Å². The molecule has 0 saturated heterocycles. The fourth-order valence-electron chi connectivity index (χ4n) is 0.996. The van der Waals surface area contributed by atoms with Crippen molar-refractivity contribution in [2.75, 3.05) is 0 Å². The molecule has 0 radical (unpaired) electrons. The van der Waals surface area contributed by atoms with Gasteiger partial charge in [-0.15, -0.1) is 0 Å². The molecule has 80 valence electrons. The van der Waals surface area contributed by atoms with Crippen LogP contribution >= 0.6 is 0 Å². The molecule has 0 bridgehead atoms. The van der Waals surface area contributed by atoms with Crippen LogP contribution in [0.5, 0.6) is 0 Å². The number of hydrazone groups is 1. The number of hydrogen-bond donors (Lipinski definition) is 1. The fraction of sp³-hybridized carbons (Fsp3) is 0.364. The van der Waals surface area contributed by atoms with Gasteiger partial charge in [0.2, 0.25) is 0 Å². The van der Waals surface area contributed by atoms with Crippen LogP contribution in [0, 0.1) is 12.8 Å². The minimum atomic E-state index is -0.211. The molecule has 4 heteroatoms. The Bertz CT molecular complexity index is 372. The average molecular weight is 205 g/mol. The number of rotatable bonds is 3. The van der Waals surface area contributed by atoms with E-state index in [-0.39, 0.29) is 5.91 Å². The highest BCUT2D eigenvalue weighted by Crippen LogP contribution is 2.00. The summed E-state index contributed by atoms with van der Waals surface area (Å²) in [6.07, 6.45) is 3.29. The number of amides is 1. The lowest BCUT2D eigenvalue weighted by atomic mass is 10.2. The summed E-state index contributed by atoms with van der Waals surface area (Å²) in [6.45, 7) is 5.83. The Hall–Kier alpha value is -1.71. The molecule has 0 aromatic carbocycles. The van der Waals surface area contributed by atoms with Gasteiger partial charge in [-0.1, -0.05) is 13.8 Å². The van der Waals surface area contributed by atoms with E-state index in [2.05, 4.69) is 15.5 Å². The Morgan fingerprint density at radius 3 is 2.93 bits per heavy atom. The van der Waals surface area contributed by atoms with Crippen molar-refractivity contribution >= 4 is 12.1 Å². The van der Waals surface area contributed by atoms with Crippen LogP contribution in [0.25, 0.3) is 0 Å². The molecule has 1 heterocycles. The van der Waals surface area contributed by atoms with E-state index in [9.17, 15) is 4.79 Å². The molecule has 0 saturated carbocycles. The topological polar surface area (TPSA) is 54.4 Å². The maximum absolute atomic E-state index is 11.5. The summed E-state index contributed by atoms with van der Waals surface area (Å²) in [6, 6.07) is 3.38. The van der Waals surface area contributed by atoms with Gasteiger partial charge in [0.25, 0.3) is 5.91 Å². The first-order chi connectivity index (χ1) is 7.09. The number of carbonyl (C=O) groups is 1. The third-order valence-electron chi connectivity index (χ3n) is 1.70. The zero-order chi connectivity index (χ0) is 11.3. The number of nitrogens with zero attached hydrogens (tertiary/aromatic N) is 2. The molecule has 15 heavy (non-hydrogen) atoms. The lowest BCUT2D eigenvalue weighted by Gasteiger charge is -2.00. The SMILES string of the molecule is Cc1cc(C(=O)N/N=C/C(C)C)ccn1. The fourth-order valence-corrected chi connectivity index (χ4v) is 0.996. The lowest BCUT2D eigenvalue weighted by Crippen LogP contribution is -2.18. The minimum Gasteiger partial charge on any atom is -0.267 e. The zero-order valence-corrected chi connectivity index (χ0v) is 9.19. The Kier molecular flexibility index (Phi) is 3.97. The van der Waals surface area contributed by atoms with Crippen LogP contribution in [0.3, 0.4) is 0 Å². The first kappa shape index (κ1) is 11.4. The molecule has 0 atom stereocenters. The normalized spacial score (nSPS) is 10.9. The van der Waals surface area contributed by atoms with Crippen LogP contribution in [0.4, 0.5) is 0 Å². The van der Waals surface area contributed by atoms with E-state index in [0.717, 1.165) is 5.69 Å². The van der Waals surface area contributed by atoms with Crippen LogP contribution < -0.4 is 5.43 Å². The minimum absolute atomic E-state index is 0.211. The molecule has 1 amide bonds. The number of pyridine rings is 1. The van der Waals surface area contributed by atoms with Crippen molar-refractivity contribution in [3.05, 3.63) is 29.6 Å². The van der Waals surface area contributed by atoms with Gasteiger partial charge in [0.1, 0.15) is 0 Å². The number of nitrogens with one attached hydrogen (secondary N) is 1. The van der Waals surface area contributed by atoms with Gasteiger partial charge < -0.3 is 0 Å². The summed E-state index contributed by atoms with van der Waals surface area (Å²) in [7, 11) is 0. The second kappa shape index (κ2) is 5.24. The van der Waals surface area contributed by atoms with E-state index in [1.807, 2.05) is 20.8 Å². The van der Waals surface area contributed by atoms with E-state index in [1.165, 1.54) is 0 Å². The van der Waals surface area contributed by atoms with Gasteiger partial charge >= 0.3 is 0 Å².